The standard InChI is InChI=1S/C11H16FN3O/c1-8-7-15(2-3-16-8)11-9(5-13)4-10(12)6-14-11/h4,6,8H,2-3,5,7,13H2,1H3. The van der Waals surface area contributed by atoms with Crippen molar-refractivity contribution in [1.29, 1.82) is 0 Å². The lowest BCUT2D eigenvalue weighted by molar-refractivity contribution is 0.0529. The molecule has 5 heteroatoms. The Morgan fingerprint density at radius 3 is 3.19 bits per heavy atom. The zero-order chi connectivity index (χ0) is 11.5. The van der Waals surface area contributed by atoms with Gasteiger partial charge in [-0.2, -0.15) is 0 Å². The summed E-state index contributed by atoms with van der Waals surface area (Å²) in [6.45, 7) is 4.52. The minimum atomic E-state index is -0.342. The number of aromatic nitrogens is 1. The van der Waals surface area contributed by atoms with Crippen LogP contribution in [-0.4, -0.2) is 30.8 Å². The molecule has 1 fully saturated rings. The van der Waals surface area contributed by atoms with Crippen LogP contribution in [0.2, 0.25) is 0 Å². The summed E-state index contributed by atoms with van der Waals surface area (Å²) in [5.41, 5.74) is 6.34. The second kappa shape index (κ2) is 4.76. The van der Waals surface area contributed by atoms with E-state index < -0.39 is 0 Å². The van der Waals surface area contributed by atoms with Gasteiger partial charge < -0.3 is 15.4 Å². The third kappa shape index (κ3) is 2.31. The van der Waals surface area contributed by atoms with Gasteiger partial charge in [0.15, 0.2) is 0 Å². The highest BCUT2D eigenvalue weighted by Gasteiger charge is 2.20. The zero-order valence-corrected chi connectivity index (χ0v) is 9.32. The molecule has 0 amide bonds. The minimum absolute atomic E-state index is 0.172. The van der Waals surface area contributed by atoms with E-state index >= 15 is 0 Å². The summed E-state index contributed by atoms with van der Waals surface area (Å²) in [6, 6.07) is 1.45. The molecule has 2 N–H and O–H groups in total. The lowest BCUT2D eigenvalue weighted by Crippen LogP contribution is -2.42. The zero-order valence-electron chi connectivity index (χ0n) is 9.32. The van der Waals surface area contributed by atoms with Crippen LogP contribution < -0.4 is 10.6 Å². The summed E-state index contributed by atoms with van der Waals surface area (Å²) in [5.74, 6) is 0.435. The van der Waals surface area contributed by atoms with Gasteiger partial charge in [-0.3, -0.25) is 0 Å². The van der Waals surface area contributed by atoms with Gasteiger partial charge in [-0.05, 0) is 13.0 Å². The number of anilines is 1. The van der Waals surface area contributed by atoms with Crippen molar-refractivity contribution in [1.82, 2.24) is 4.98 Å². The molecule has 0 saturated carbocycles. The first-order valence-electron chi connectivity index (χ1n) is 5.41. The van der Waals surface area contributed by atoms with E-state index in [9.17, 15) is 4.39 Å². The lowest BCUT2D eigenvalue weighted by Gasteiger charge is -2.33. The van der Waals surface area contributed by atoms with Crippen LogP contribution >= 0.6 is 0 Å². The quantitative estimate of drug-likeness (QED) is 0.812. The smallest absolute Gasteiger partial charge is 0.141 e. The predicted molar refractivity (Wildman–Crippen MR) is 59.7 cm³/mol. The number of nitrogens with zero attached hydrogens (tertiary/aromatic N) is 2. The Morgan fingerprint density at radius 2 is 2.50 bits per heavy atom. The Morgan fingerprint density at radius 1 is 1.69 bits per heavy atom. The largest absolute Gasteiger partial charge is 0.375 e. The molecule has 1 atom stereocenters. The number of halogens is 1. The Hall–Kier alpha value is -1.20. The van der Waals surface area contributed by atoms with Crippen LogP contribution in [0.4, 0.5) is 10.2 Å². The van der Waals surface area contributed by atoms with Crippen molar-refractivity contribution in [2.45, 2.75) is 19.6 Å². The molecule has 0 aromatic carbocycles. The lowest BCUT2D eigenvalue weighted by atomic mass is 10.2. The number of hydrogen-bond acceptors (Lipinski definition) is 4. The number of nitrogens with two attached hydrogens (primary N) is 1. The van der Waals surface area contributed by atoms with Gasteiger partial charge in [0, 0.05) is 25.2 Å². The van der Waals surface area contributed by atoms with E-state index in [0.717, 1.165) is 24.5 Å². The van der Waals surface area contributed by atoms with Crippen LogP contribution in [0.5, 0.6) is 0 Å². The van der Waals surface area contributed by atoms with Crippen molar-refractivity contribution < 1.29 is 9.13 Å². The monoisotopic (exact) mass is 225 g/mol. The summed E-state index contributed by atoms with van der Waals surface area (Å²) in [7, 11) is 0. The first kappa shape index (κ1) is 11.3. The number of pyridine rings is 1. The molecule has 88 valence electrons. The molecule has 0 aliphatic carbocycles. The van der Waals surface area contributed by atoms with Crippen molar-refractivity contribution in [2.75, 3.05) is 24.6 Å². The molecule has 1 saturated heterocycles. The maximum Gasteiger partial charge on any atom is 0.141 e. The van der Waals surface area contributed by atoms with Gasteiger partial charge in [0.05, 0.1) is 18.9 Å². The number of hydrogen-bond donors (Lipinski definition) is 1. The van der Waals surface area contributed by atoms with Crippen LogP contribution in [0.1, 0.15) is 12.5 Å². The van der Waals surface area contributed by atoms with Crippen molar-refractivity contribution >= 4 is 5.82 Å². The van der Waals surface area contributed by atoms with Crippen LogP contribution in [0, 0.1) is 5.82 Å². The van der Waals surface area contributed by atoms with E-state index in [0.29, 0.717) is 13.2 Å². The third-order valence-corrected chi connectivity index (χ3v) is 2.67. The summed E-state index contributed by atoms with van der Waals surface area (Å²) < 4.78 is 18.5. The summed E-state index contributed by atoms with van der Waals surface area (Å²) in [5, 5.41) is 0. The molecule has 16 heavy (non-hydrogen) atoms. The number of morpholine rings is 1. The third-order valence-electron chi connectivity index (χ3n) is 2.67. The summed E-state index contributed by atoms with van der Waals surface area (Å²) in [6.07, 6.45) is 1.40. The van der Waals surface area contributed by atoms with Gasteiger partial charge in [0.25, 0.3) is 0 Å². The van der Waals surface area contributed by atoms with Crippen LogP contribution in [0.25, 0.3) is 0 Å². The van der Waals surface area contributed by atoms with E-state index in [-0.39, 0.29) is 11.9 Å². The molecule has 0 spiro atoms. The molecule has 4 nitrogen and oxygen atoms in total. The number of ether oxygens (including phenoxy) is 1. The fourth-order valence-electron chi connectivity index (χ4n) is 1.92. The van der Waals surface area contributed by atoms with E-state index in [1.807, 2.05) is 6.92 Å². The van der Waals surface area contributed by atoms with Crippen molar-refractivity contribution in [3.63, 3.8) is 0 Å². The van der Waals surface area contributed by atoms with Gasteiger partial charge in [-0.15, -0.1) is 0 Å². The highest BCUT2D eigenvalue weighted by Crippen LogP contribution is 2.20. The van der Waals surface area contributed by atoms with Crippen molar-refractivity contribution in [2.24, 2.45) is 5.73 Å². The first-order chi connectivity index (χ1) is 7.70. The average Bonchev–Trinajstić information content (AvgIpc) is 2.28. The molecular formula is C11H16FN3O. The summed E-state index contributed by atoms with van der Waals surface area (Å²) >= 11 is 0. The van der Waals surface area contributed by atoms with Gasteiger partial charge >= 0.3 is 0 Å². The predicted octanol–water partition coefficient (Wildman–Crippen LogP) is 0.905. The van der Waals surface area contributed by atoms with Gasteiger partial charge in [-0.25, -0.2) is 9.37 Å². The molecule has 1 aromatic rings. The van der Waals surface area contributed by atoms with E-state index in [4.69, 9.17) is 10.5 Å². The fourth-order valence-corrected chi connectivity index (χ4v) is 1.92. The normalized spacial score (nSPS) is 21.2. The molecule has 2 rings (SSSR count). The summed E-state index contributed by atoms with van der Waals surface area (Å²) in [4.78, 5) is 6.22. The molecule has 1 aliphatic heterocycles. The molecule has 1 unspecified atom stereocenters. The highest BCUT2D eigenvalue weighted by molar-refractivity contribution is 5.47. The maximum absolute atomic E-state index is 13.0. The highest BCUT2D eigenvalue weighted by atomic mass is 19.1. The van der Waals surface area contributed by atoms with E-state index in [1.54, 1.807) is 0 Å². The second-order valence-corrected chi connectivity index (χ2v) is 3.97. The second-order valence-electron chi connectivity index (χ2n) is 3.97. The van der Waals surface area contributed by atoms with Crippen LogP contribution in [0.3, 0.4) is 0 Å². The minimum Gasteiger partial charge on any atom is -0.375 e. The molecular weight excluding hydrogens is 209 g/mol. The molecule has 0 radical (unpaired) electrons. The van der Waals surface area contributed by atoms with Crippen LogP contribution in [-0.2, 0) is 11.3 Å². The Labute approximate surface area is 94.2 Å². The Balaban J connectivity index is 2.24. The first-order valence-corrected chi connectivity index (χ1v) is 5.41. The van der Waals surface area contributed by atoms with E-state index in [2.05, 4.69) is 9.88 Å². The average molecular weight is 225 g/mol. The fraction of sp³-hybridized carbons (Fsp3) is 0.545. The molecule has 1 aliphatic rings. The Kier molecular flexibility index (Phi) is 3.36. The van der Waals surface area contributed by atoms with Crippen LogP contribution in [0.15, 0.2) is 12.3 Å². The van der Waals surface area contributed by atoms with Crippen molar-refractivity contribution in [3.05, 3.63) is 23.6 Å². The molecule has 0 bridgehead atoms. The SMILES string of the molecule is CC1CN(c2ncc(F)cc2CN)CCO1. The molecule has 1 aromatic heterocycles. The molecule has 2 heterocycles. The van der Waals surface area contributed by atoms with E-state index in [1.165, 1.54) is 12.3 Å². The maximum atomic E-state index is 13.0. The van der Waals surface area contributed by atoms with Crippen molar-refractivity contribution in [3.8, 4) is 0 Å². The van der Waals surface area contributed by atoms with Gasteiger partial charge in [0.2, 0.25) is 0 Å². The van der Waals surface area contributed by atoms with Gasteiger partial charge in [-0.1, -0.05) is 0 Å². The topological polar surface area (TPSA) is 51.4 Å². The Bertz CT molecular complexity index is 372. The number of rotatable bonds is 2. The van der Waals surface area contributed by atoms with Gasteiger partial charge in [0.1, 0.15) is 11.6 Å².